The number of pyridine rings is 1. The number of hydrogen-bond donors (Lipinski definition) is 0. The summed E-state index contributed by atoms with van der Waals surface area (Å²) < 4.78 is 7.07. The zero-order chi connectivity index (χ0) is 75.3. The van der Waals surface area contributed by atoms with E-state index in [9.17, 15) is 4.79 Å². The minimum Gasteiger partial charge on any atom is -0.351 e. The number of aromatic nitrogens is 5. The fourth-order valence-corrected chi connectivity index (χ4v) is 15.5. The van der Waals surface area contributed by atoms with E-state index in [0.717, 1.165) is 40.5 Å². The number of thiophene rings is 1. The Bertz CT molecular complexity index is 5370. The van der Waals surface area contributed by atoms with E-state index < -0.39 is 0 Å². The van der Waals surface area contributed by atoms with Gasteiger partial charge in [-0.05, 0) is 326 Å². The number of rotatable bonds is 0. The summed E-state index contributed by atoms with van der Waals surface area (Å²) in [6, 6.07) is 55.8. The molecule has 0 atom stereocenters. The van der Waals surface area contributed by atoms with Crippen LogP contribution in [0.5, 0.6) is 0 Å². The van der Waals surface area contributed by atoms with E-state index in [2.05, 4.69) is 324 Å². The predicted molar refractivity (Wildman–Crippen MR) is 454 cm³/mol. The largest absolute Gasteiger partial charge is 0.351 e. The van der Waals surface area contributed by atoms with Crippen LogP contribution in [0.1, 0.15) is 146 Å². The minimum absolute atomic E-state index is 0.325. The first-order chi connectivity index (χ1) is 50.3. The van der Waals surface area contributed by atoms with Crippen molar-refractivity contribution in [1.29, 1.82) is 0 Å². The zero-order valence-electron chi connectivity index (χ0n) is 65.7. The van der Waals surface area contributed by atoms with E-state index in [4.69, 9.17) is 0 Å². The molecule has 105 heavy (non-hydrogen) atoms. The van der Waals surface area contributed by atoms with Gasteiger partial charge in [0.1, 0.15) is 13.3 Å². The van der Waals surface area contributed by atoms with Crippen molar-refractivity contribution in [2.24, 2.45) is 7.05 Å². The van der Waals surface area contributed by atoms with Gasteiger partial charge in [-0.2, -0.15) is 0 Å². The van der Waals surface area contributed by atoms with E-state index in [1.54, 1.807) is 34.9 Å². The lowest BCUT2D eigenvalue weighted by atomic mass is 9.99. The molecule has 3 aliphatic rings. The molecule has 0 fully saturated rings. The molecule has 1 aliphatic heterocycles. The summed E-state index contributed by atoms with van der Waals surface area (Å²) in [6.07, 6.45) is 16.3. The Morgan fingerprint density at radius 1 is 0.381 bits per heavy atom. The molecule has 15 aromatic rings. The number of Topliss-reactive ketones (excluding diaryl/α,β-unsaturated/α-hetero) is 1. The van der Waals surface area contributed by atoms with Crippen molar-refractivity contribution in [3.05, 3.63) is 321 Å². The van der Waals surface area contributed by atoms with E-state index >= 15 is 0 Å². The SMILES string of the molecule is Cc1ccc2c(c1C)C(=O)CC2.Cc1ccc2c(c1C)CCC2.Cc1ccc2c(c1C)[N+](C)=CC2.Cc1ccc2c(ccn2C)c1C.Cc1ccc2ccccc2c1C.Cc1ccc2cccnc2c1C.Cc1ccc2nccnc2c1C.Cc1ccc2sccc2c1C.Cc1ccc2scnc2c1C. The van der Waals surface area contributed by atoms with Crippen molar-refractivity contribution in [2.45, 2.75) is 163 Å². The summed E-state index contributed by atoms with van der Waals surface area (Å²) in [6.45, 7) is 38.6. The molecule has 5 aromatic heterocycles. The fraction of sp³-hybridized carbons (Fsp3) is 0.271. The lowest BCUT2D eigenvalue weighted by Crippen LogP contribution is -1.97. The molecule has 0 saturated carbocycles. The summed E-state index contributed by atoms with van der Waals surface area (Å²) in [4.78, 5) is 28.6. The zero-order valence-corrected chi connectivity index (χ0v) is 67.3. The molecule has 18 rings (SSSR count). The van der Waals surface area contributed by atoms with E-state index in [-0.39, 0.29) is 0 Å². The number of nitrogens with zero attached hydrogens (tertiary/aromatic N) is 6. The van der Waals surface area contributed by atoms with Crippen LogP contribution in [0.4, 0.5) is 5.69 Å². The van der Waals surface area contributed by atoms with Gasteiger partial charge >= 0.3 is 0 Å². The average Bonchev–Trinajstić information content (AvgIpc) is 1.66. The second-order valence-electron chi connectivity index (χ2n) is 28.6. The van der Waals surface area contributed by atoms with Crippen LogP contribution in [0.3, 0.4) is 0 Å². The van der Waals surface area contributed by atoms with Gasteiger partial charge in [0.25, 0.3) is 0 Å². The summed E-state index contributed by atoms with van der Waals surface area (Å²) in [5.74, 6) is 0.325. The fourth-order valence-electron chi connectivity index (χ4n) is 13.9. The Labute approximate surface area is 632 Å². The molecule has 0 bridgehead atoms. The first kappa shape index (κ1) is 77.6. The third kappa shape index (κ3) is 18.2. The highest BCUT2D eigenvalue weighted by atomic mass is 32.1. The van der Waals surface area contributed by atoms with Crippen molar-refractivity contribution >= 4 is 104 Å². The molecule has 0 saturated heterocycles. The standard InChI is InChI=1S/C12H12.C11H13N.C11H14N.C11H11N.C11H12O.C11H14.C10H10N2.C10H10S.C9H9NS/c1-9-7-8-11-5-3-4-6-12(11)10(9)2;1-8-4-5-11-10(9(8)2)6-7-12(11)3;1-8-4-5-10-6-7-12(3)11(10)9(8)2;1-8-5-6-10-4-3-7-12-11(10)9(8)2;1-7-3-4-9-5-6-10(12)11(9)8(7)2;1-8-6-7-10-4-3-5-11(10)9(8)2;1-7-3-4-9-10(8(7)2)12-6-5-11-9;1-7-3-4-10-9(8(7)2)5-6-11-10;1-6-3-4-8-9(7(6)2)10-5-11-8/h3-8H,1-2H3;4-7H,1-3H3;4-5,7H,6H2,1-3H3;3-7H,1-2H3;3-4H,5-6H2,1-2H3;6-7H,3-5H2,1-2H3;3-6H,1-2H3;3-6H,1-2H3;3-5H,1-2H3/q;;+1;;;;;;. The molecule has 2 aliphatic carbocycles. The number of fused-ring (bicyclic) bond motifs is 9. The van der Waals surface area contributed by atoms with E-state index in [1.165, 1.54) is 178 Å². The van der Waals surface area contributed by atoms with Crippen LogP contribution in [0, 0.1) is 125 Å². The second-order valence-corrected chi connectivity index (χ2v) is 30.5. The van der Waals surface area contributed by atoms with Crippen LogP contribution in [0.15, 0.2) is 193 Å². The van der Waals surface area contributed by atoms with Gasteiger partial charge < -0.3 is 4.57 Å². The number of ketones is 1. The van der Waals surface area contributed by atoms with Gasteiger partial charge in [0.05, 0.1) is 38.7 Å². The molecule has 0 amide bonds. The highest BCUT2D eigenvalue weighted by Crippen LogP contribution is 2.32. The molecule has 7 nitrogen and oxygen atoms in total. The molecule has 0 radical (unpaired) electrons. The van der Waals surface area contributed by atoms with Crippen molar-refractivity contribution in [1.82, 2.24) is 24.5 Å². The summed E-state index contributed by atoms with van der Waals surface area (Å²) in [5, 5.41) is 8.86. The molecule has 0 spiro atoms. The molecule has 536 valence electrons. The first-order valence-corrected chi connectivity index (χ1v) is 38.6. The molecular weight excluding hydrogens is 1320 g/mol. The van der Waals surface area contributed by atoms with Crippen molar-refractivity contribution in [2.75, 3.05) is 7.05 Å². The van der Waals surface area contributed by atoms with Crippen LogP contribution in [-0.2, 0) is 32.7 Å². The summed E-state index contributed by atoms with van der Waals surface area (Å²) >= 11 is 3.51. The number of aryl methyl sites for hydroxylation is 18. The monoisotopic (exact) mass is 1420 g/mol. The number of carbonyl (C=O) groups is 1. The van der Waals surface area contributed by atoms with Crippen LogP contribution >= 0.6 is 22.7 Å². The highest BCUT2D eigenvalue weighted by Gasteiger charge is 2.23. The Balaban J connectivity index is 0.000000127. The van der Waals surface area contributed by atoms with Crippen molar-refractivity contribution in [3.8, 4) is 0 Å². The van der Waals surface area contributed by atoms with Gasteiger partial charge in [-0.3, -0.25) is 19.7 Å². The maximum atomic E-state index is 11.4. The molecule has 9 heteroatoms. The maximum Gasteiger partial charge on any atom is 0.211 e. The second kappa shape index (κ2) is 35.1. The van der Waals surface area contributed by atoms with Crippen LogP contribution < -0.4 is 0 Å². The molecule has 10 aromatic carbocycles. The number of carbonyl (C=O) groups excluding carboxylic acids is 1. The van der Waals surface area contributed by atoms with E-state index in [0.29, 0.717) is 12.2 Å². The number of hydrogen-bond acceptors (Lipinski definition) is 7. The minimum atomic E-state index is 0.325. The Morgan fingerprint density at radius 2 is 0.914 bits per heavy atom. The summed E-state index contributed by atoms with van der Waals surface area (Å²) in [7, 11) is 4.20. The Hall–Kier alpha value is -10.1. The predicted octanol–water partition coefficient (Wildman–Crippen LogP) is 25.2. The highest BCUT2D eigenvalue weighted by molar-refractivity contribution is 7.17. The molecular formula is C96H105N6OS2+. The van der Waals surface area contributed by atoms with Gasteiger partial charge in [-0.1, -0.05) is 115 Å². The maximum absolute atomic E-state index is 11.4. The Morgan fingerprint density at radius 3 is 1.64 bits per heavy atom. The van der Waals surface area contributed by atoms with Crippen LogP contribution in [-0.4, -0.2) is 48.1 Å². The van der Waals surface area contributed by atoms with Gasteiger partial charge in [0.2, 0.25) is 5.69 Å². The Kier molecular flexibility index (Phi) is 26.0. The quantitative estimate of drug-likeness (QED) is 0.141. The van der Waals surface area contributed by atoms with Crippen LogP contribution in [0.25, 0.3) is 63.9 Å². The van der Waals surface area contributed by atoms with E-state index in [1.807, 2.05) is 42.1 Å². The smallest absolute Gasteiger partial charge is 0.211 e. The van der Waals surface area contributed by atoms with Gasteiger partial charge in [-0.25, -0.2) is 9.56 Å². The third-order valence-electron chi connectivity index (χ3n) is 22.0. The topological polar surface area (TPSA) is 76.6 Å². The van der Waals surface area contributed by atoms with Gasteiger partial charge in [-0.15, -0.1) is 22.7 Å². The molecule has 6 heterocycles. The average molecular weight is 1420 g/mol. The number of thiazole rings is 1. The molecule has 0 unspecified atom stereocenters. The first-order valence-electron chi connectivity index (χ1n) is 36.9. The normalized spacial score (nSPS) is 12.0. The lowest BCUT2D eigenvalue weighted by Gasteiger charge is -2.06. The van der Waals surface area contributed by atoms with Gasteiger partial charge in [0, 0.05) is 75.9 Å². The molecule has 0 N–H and O–H groups in total. The third-order valence-corrected chi connectivity index (χ3v) is 23.7. The van der Waals surface area contributed by atoms with Crippen LogP contribution in [0.2, 0.25) is 0 Å². The summed E-state index contributed by atoms with van der Waals surface area (Å²) in [5.41, 5.74) is 40.0. The lowest BCUT2D eigenvalue weighted by molar-refractivity contribution is -0.396. The van der Waals surface area contributed by atoms with Crippen molar-refractivity contribution < 1.29 is 9.37 Å². The van der Waals surface area contributed by atoms with Gasteiger partial charge in [0.15, 0.2) is 5.78 Å². The number of benzene rings is 10. The van der Waals surface area contributed by atoms with Crippen molar-refractivity contribution in [3.63, 3.8) is 0 Å².